The van der Waals surface area contributed by atoms with Gasteiger partial charge in [0.05, 0.1) is 7.11 Å². The van der Waals surface area contributed by atoms with Gasteiger partial charge in [-0.1, -0.05) is 12.1 Å². The van der Waals surface area contributed by atoms with Gasteiger partial charge in [0, 0.05) is 5.56 Å². The Balaban J connectivity index is 2.56. The predicted molar refractivity (Wildman–Crippen MR) is 65.4 cm³/mol. The molecule has 2 aromatic rings. The Hall–Kier alpha value is -2.43. The third-order valence-corrected chi connectivity index (χ3v) is 2.45. The molecule has 0 spiro atoms. The van der Waals surface area contributed by atoms with Crippen LogP contribution in [0.4, 0.5) is 10.2 Å². The van der Waals surface area contributed by atoms with E-state index in [1.165, 1.54) is 19.2 Å². The minimum atomic E-state index is -0.582. The molecule has 0 amide bonds. The maximum atomic E-state index is 12.9. The number of nitrogens with two attached hydrogens (primary N) is 1. The first-order valence-electron chi connectivity index (χ1n) is 5.22. The van der Waals surface area contributed by atoms with E-state index in [1.54, 1.807) is 24.3 Å². The van der Waals surface area contributed by atoms with Gasteiger partial charge in [0.1, 0.15) is 11.6 Å². The SMILES string of the molecule is COC(=O)c1nc(N)ccc1-c1ccc(F)cc1. The summed E-state index contributed by atoms with van der Waals surface area (Å²) in [6, 6.07) is 8.98. The van der Waals surface area contributed by atoms with E-state index in [9.17, 15) is 9.18 Å². The number of rotatable bonds is 2. The van der Waals surface area contributed by atoms with Crippen LogP contribution in [0, 0.1) is 5.82 Å². The van der Waals surface area contributed by atoms with Gasteiger partial charge in [-0.25, -0.2) is 14.2 Å². The van der Waals surface area contributed by atoms with Crippen LogP contribution < -0.4 is 5.73 Å². The van der Waals surface area contributed by atoms with Crippen molar-refractivity contribution in [2.75, 3.05) is 12.8 Å². The Bertz CT molecular complexity index is 582. The van der Waals surface area contributed by atoms with Crippen molar-refractivity contribution in [1.82, 2.24) is 4.98 Å². The van der Waals surface area contributed by atoms with Crippen molar-refractivity contribution < 1.29 is 13.9 Å². The summed E-state index contributed by atoms with van der Waals surface area (Å²) in [5.41, 5.74) is 6.88. The summed E-state index contributed by atoms with van der Waals surface area (Å²) in [5, 5.41) is 0. The number of nitrogens with zero attached hydrogens (tertiary/aromatic N) is 1. The molecule has 92 valence electrons. The largest absolute Gasteiger partial charge is 0.464 e. The van der Waals surface area contributed by atoms with E-state index in [0.717, 1.165) is 0 Å². The molecule has 0 saturated carbocycles. The fourth-order valence-corrected chi connectivity index (χ4v) is 1.59. The molecule has 2 rings (SSSR count). The van der Waals surface area contributed by atoms with Crippen LogP contribution in [0.15, 0.2) is 36.4 Å². The lowest BCUT2D eigenvalue weighted by atomic mass is 10.0. The second kappa shape index (κ2) is 4.83. The van der Waals surface area contributed by atoms with Gasteiger partial charge in [0.15, 0.2) is 5.69 Å². The maximum absolute atomic E-state index is 12.9. The van der Waals surface area contributed by atoms with Crippen LogP contribution in [0.1, 0.15) is 10.5 Å². The lowest BCUT2D eigenvalue weighted by molar-refractivity contribution is 0.0595. The van der Waals surface area contributed by atoms with Crippen molar-refractivity contribution in [1.29, 1.82) is 0 Å². The summed E-state index contributed by atoms with van der Waals surface area (Å²) in [6.45, 7) is 0. The number of hydrogen-bond acceptors (Lipinski definition) is 4. The Kier molecular flexibility index (Phi) is 3.23. The number of hydrogen-bond donors (Lipinski definition) is 1. The van der Waals surface area contributed by atoms with E-state index in [0.29, 0.717) is 11.1 Å². The number of anilines is 1. The molecule has 0 saturated heterocycles. The molecule has 1 aromatic heterocycles. The smallest absolute Gasteiger partial charge is 0.357 e. The van der Waals surface area contributed by atoms with Gasteiger partial charge in [0.25, 0.3) is 0 Å². The Labute approximate surface area is 103 Å². The molecule has 18 heavy (non-hydrogen) atoms. The summed E-state index contributed by atoms with van der Waals surface area (Å²) < 4.78 is 17.5. The standard InChI is InChI=1S/C13H11FN2O2/c1-18-13(17)12-10(6-7-11(15)16-12)8-2-4-9(14)5-3-8/h2-7H,1H3,(H2,15,16). The van der Waals surface area contributed by atoms with Crippen molar-refractivity contribution >= 4 is 11.8 Å². The first kappa shape index (κ1) is 12.0. The second-order valence-electron chi connectivity index (χ2n) is 3.63. The molecule has 0 aliphatic heterocycles. The molecule has 2 N–H and O–H groups in total. The topological polar surface area (TPSA) is 65.2 Å². The molecule has 0 bridgehead atoms. The van der Waals surface area contributed by atoms with Gasteiger partial charge in [-0.15, -0.1) is 0 Å². The van der Waals surface area contributed by atoms with E-state index in [1.807, 2.05) is 0 Å². The Morgan fingerprint density at radius 3 is 2.50 bits per heavy atom. The lowest BCUT2D eigenvalue weighted by Gasteiger charge is -2.08. The summed E-state index contributed by atoms with van der Waals surface area (Å²) in [6.07, 6.45) is 0. The van der Waals surface area contributed by atoms with E-state index < -0.39 is 5.97 Å². The van der Waals surface area contributed by atoms with Crippen LogP contribution in [-0.2, 0) is 4.74 Å². The van der Waals surface area contributed by atoms with Gasteiger partial charge in [-0.2, -0.15) is 0 Å². The highest BCUT2D eigenvalue weighted by molar-refractivity contribution is 5.95. The Morgan fingerprint density at radius 2 is 1.89 bits per heavy atom. The number of pyridine rings is 1. The van der Waals surface area contributed by atoms with Gasteiger partial charge >= 0.3 is 5.97 Å². The first-order chi connectivity index (χ1) is 8.61. The number of esters is 1. The number of methoxy groups -OCH3 is 1. The molecular formula is C13H11FN2O2. The highest BCUT2D eigenvalue weighted by Gasteiger charge is 2.15. The normalized spacial score (nSPS) is 10.1. The highest BCUT2D eigenvalue weighted by Crippen LogP contribution is 2.24. The van der Waals surface area contributed by atoms with Gasteiger partial charge in [0.2, 0.25) is 0 Å². The monoisotopic (exact) mass is 246 g/mol. The lowest BCUT2D eigenvalue weighted by Crippen LogP contribution is -2.08. The van der Waals surface area contributed by atoms with Crippen LogP contribution in [0.5, 0.6) is 0 Å². The predicted octanol–water partition coefficient (Wildman–Crippen LogP) is 2.26. The molecular weight excluding hydrogens is 235 g/mol. The zero-order chi connectivity index (χ0) is 13.1. The van der Waals surface area contributed by atoms with E-state index in [-0.39, 0.29) is 17.3 Å². The second-order valence-corrected chi connectivity index (χ2v) is 3.63. The fourth-order valence-electron chi connectivity index (χ4n) is 1.59. The number of ether oxygens (including phenoxy) is 1. The summed E-state index contributed by atoms with van der Waals surface area (Å²) >= 11 is 0. The quantitative estimate of drug-likeness (QED) is 0.825. The zero-order valence-corrected chi connectivity index (χ0v) is 9.68. The number of carbonyl (C=O) groups excluding carboxylic acids is 1. The van der Waals surface area contributed by atoms with E-state index in [4.69, 9.17) is 5.73 Å². The molecule has 5 heteroatoms. The summed E-state index contributed by atoms with van der Waals surface area (Å²) in [7, 11) is 1.27. The van der Waals surface area contributed by atoms with Crippen LogP contribution >= 0.6 is 0 Å². The van der Waals surface area contributed by atoms with Crippen LogP contribution in [0.25, 0.3) is 11.1 Å². The van der Waals surface area contributed by atoms with Crippen LogP contribution in [-0.4, -0.2) is 18.1 Å². The van der Waals surface area contributed by atoms with Crippen molar-refractivity contribution in [3.8, 4) is 11.1 Å². The van der Waals surface area contributed by atoms with E-state index in [2.05, 4.69) is 9.72 Å². The fraction of sp³-hybridized carbons (Fsp3) is 0.0769. The summed E-state index contributed by atoms with van der Waals surface area (Å²) in [4.78, 5) is 15.6. The molecule has 0 unspecified atom stereocenters. The molecule has 0 aliphatic rings. The van der Waals surface area contributed by atoms with Crippen molar-refractivity contribution in [3.05, 3.63) is 47.9 Å². The van der Waals surface area contributed by atoms with Gasteiger partial charge in [-0.3, -0.25) is 0 Å². The number of carbonyl (C=O) groups is 1. The van der Waals surface area contributed by atoms with Crippen LogP contribution in [0.2, 0.25) is 0 Å². The highest BCUT2D eigenvalue weighted by atomic mass is 19.1. The number of halogens is 1. The van der Waals surface area contributed by atoms with Gasteiger partial charge < -0.3 is 10.5 Å². The molecule has 1 heterocycles. The molecule has 0 radical (unpaired) electrons. The minimum Gasteiger partial charge on any atom is -0.464 e. The Morgan fingerprint density at radius 1 is 1.22 bits per heavy atom. The molecule has 0 atom stereocenters. The maximum Gasteiger partial charge on any atom is 0.357 e. The number of nitrogen functional groups attached to an aromatic ring is 1. The number of benzene rings is 1. The molecule has 4 nitrogen and oxygen atoms in total. The zero-order valence-electron chi connectivity index (χ0n) is 9.68. The van der Waals surface area contributed by atoms with Gasteiger partial charge in [-0.05, 0) is 29.8 Å². The average Bonchev–Trinajstić information content (AvgIpc) is 2.39. The third-order valence-electron chi connectivity index (χ3n) is 2.45. The van der Waals surface area contributed by atoms with E-state index >= 15 is 0 Å². The number of aromatic nitrogens is 1. The third kappa shape index (κ3) is 2.29. The van der Waals surface area contributed by atoms with Crippen molar-refractivity contribution in [2.24, 2.45) is 0 Å². The molecule has 0 aliphatic carbocycles. The van der Waals surface area contributed by atoms with Crippen LogP contribution in [0.3, 0.4) is 0 Å². The average molecular weight is 246 g/mol. The first-order valence-corrected chi connectivity index (χ1v) is 5.22. The molecule has 1 aromatic carbocycles. The summed E-state index contributed by atoms with van der Waals surface area (Å²) in [5.74, 6) is -0.704. The van der Waals surface area contributed by atoms with Crippen molar-refractivity contribution in [2.45, 2.75) is 0 Å². The minimum absolute atomic E-state index is 0.115. The van der Waals surface area contributed by atoms with Crippen molar-refractivity contribution in [3.63, 3.8) is 0 Å². The molecule has 0 fully saturated rings.